The van der Waals surface area contributed by atoms with Crippen LogP contribution in [-0.2, 0) is 20.2 Å². The van der Waals surface area contributed by atoms with Gasteiger partial charge in [-0.1, -0.05) is 6.07 Å². The number of hydrogen-bond donors (Lipinski definition) is 2. The third kappa shape index (κ3) is 3.42. The lowest BCUT2D eigenvalue weighted by molar-refractivity contribution is 0.282. The van der Waals surface area contributed by atoms with Crippen molar-refractivity contribution in [3.05, 3.63) is 51.9 Å². The molecular weight excluding hydrogens is 340 g/mol. The van der Waals surface area contributed by atoms with E-state index in [-0.39, 0.29) is 12.2 Å². The van der Waals surface area contributed by atoms with E-state index in [1.165, 1.54) is 12.8 Å². The lowest BCUT2D eigenvalue weighted by Crippen LogP contribution is -2.32. The molecule has 3 aromatic rings. The summed E-state index contributed by atoms with van der Waals surface area (Å²) in [4.78, 5) is 17.0. The van der Waals surface area contributed by atoms with Crippen LogP contribution in [-0.4, -0.2) is 32.3 Å². The number of benzene rings is 1. The number of rotatable bonds is 4. The molecule has 0 bridgehead atoms. The van der Waals surface area contributed by atoms with Gasteiger partial charge >= 0.3 is 0 Å². The molecule has 6 nitrogen and oxygen atoms in total. The molecule has 0 spiro atoms. The average molecular weight is 366 g/mol. The number of nitrogens with zero attached hydrogens (tertiary/aromatic N) is 3. The van der Waals surface area contributed by atoms with Gasteiger partial charge in [-0.05, 0) is 62.5 Å². The van der Waals surface area contributed by atoms with Gasteiger partial charge in [0.1, 0.15) is 5.82 Å². The highest BCUT2D eigenvalue weighted by atomic mass is 16.3. The number of nitrogens with one attached hydrogen (secondary N) is 1. The Morgan fingerprint density at radius 1 is 1.33 bits per heavy atom. The highest BCUT2D eigenvalue weighted by Gasteiger charge is 2.20. The van der Waals surface area contributed by atoms with E-state index in [0.717, 1.165) is 47.6 Å². The zero-order valence-corrected chi connectivity index (χ0v) is 15.9. The van der Waals surface area contributed by atoms with Crippen molar-refractivity contribution in [1.82, 2.24) is 19.4 Å². The van der Waals surface area contributed by atoms with Gasteiger partial charge in [0, 0.05) is 30.9 Å². The first-order chi connectivity index (χ1) is 13.1. The molecule has 3 heterocycles. The molecule has 1 saturated heterocycles. The van der Waals surface area contributed by atoms with E-state index < -0.39 is 0 Å². The van der Waals surface area contributed by atoms with Gasteiger partial charge in [-0.15, -0.1) is 0 Å². The van der Waals surface area contributed by atoms with E-state index in [9.17, 15) is 9.90 Å². The summed E-state index contributed by atoms with van der Waals surface area (Å²) >= 11 is 0. The maximum absolute atomic E-state index is 12.1. The highest BCUT2D eigenvalue weighted by Crippen LogP contribution is 2.28. The quantitative estimate of drug-likeness (QED) is 0.743. The largest absolute Gasteiger partial charge is 0.392 e. The third-order valence-corrected chi connectivity index (χ3v) is 5.46. The second-order valence-corrected chi connectivity index (χ2v) is 7.57. The molecule has 2 aromatic heterocycles. The summed E-state index contributed by atoms with van der Waals surface area (Å²) < 4.78 is 3.88. The van der Waals surface area contributed by atoms with Crippen molar-refractivity contribution in [1.29, 1.82) is 0 Å². The standard InChI is InChI=1S/C21H26N4O2/c1-14-8-17(12-24(2)21(14)27)20-23-18-6-5-15(13-26)9-19(18)25(20)11-16-4-3-7-22-10-16/h5-6,8-9,12,16,22,26H,3-4,7,10-11,13H2,1-2H3/t16-/m1/s1. The topological polar surface area (TPSA) is 72.1 Å². The van der Waals surface area contributed by atoms with Crippen molar-refractivity contribution >= 4 is 11.0 Å². The van der Waals surface area contributed by atoms with Crippen molar-refractivity contribution in [3.8, 4) is 11.4 Å². The Hall–Kier alpha value is -2.44. The summed E-state index contributed by atoms with van der Waals surface area (Å²) in [6.07, 6.45) is 4.24. The fourth-order valence-electron chi connectivity index (χ4n) is 4.01. The summed E-state index contributed by atoms with van der Waals surface area (Å²) in [5.74, 6) is 1.42. The average Bonchev–Trinajstić information content (AvgIpc) is 3.04. The van der Waals surface area contributed by atoms with Gasteiger partial charge in [-0.3, -0.25) is 4.79 Å². The molecule has 6 heteroatoms. The number of fused-ring (bicyclic) bond motifs is 1. The molecule has 1 atom stereocenters. The second kappa shape index (κ2) is 7.29. The molecule has 0 unspecified atom stereocenters. The number of imidazole rings is 1. The lowest BCUT2D eigenvalue weighted by atomic mass is 9.99. The summed E-state index contributed by atoms with van der Waals surface area (Å²) in [7, 11) is 1.78. The molecule has 2 N–H and O–H groups in total. The van der Waals surface area contributed by atoms with Crippen LogP contribution in [0.4, 0.5) is 0 Å². The molecule has 0 saturated carbocycles. The Morgan fingerprint density at radius 2 is 2.19 bits per heavy atom. The van der Waals surface area contributed by atoms with Crippen LogP contribution >= 0.6 is 0 Å². The Kier molecular flexibility index (Phi) is 4.85. The predicted molar refractivity (Wildman–Crippen MR) is 107 cm³/mol. The van der Waals surface area contributed by atoms with Crippen molar-refractivity contribution in [2.75, 3.05) is 13.1 Å². The van der Waals surface area contributed by atoms with Crippen LogP contribution in [0.5, 0.6) is 0 Å². The SMILES string of the molecule is Cc1cc(-c2nc3ccc(CO)cc3n2C[C@@H]2CCCNC2)cn(C)c1=O. The smallest absolute Gasteiger partial charge is 0.253 e. The summed E-state index contributed by atoms with van der Waals surface area (Å²) in [6.45, 7) is 4.82. The first-order valence-corrected chi connectivity index (χ1v) is 9.55. The Balaban J connectivity index is 1.88. The number of aromatic nitrogens is 3. The summed E-state index contributed by atoms with van der Waals surface area (Å²) in [5, 5.41) is 13.0. The van der Waals surface area contributed by atoms with E-state index >= 15 is 0 Å². The molecule has 0 amide bonds. The van der Waals surface area contributed by atoms with Crippen LogP contribution < -0.4 is 10.9 Å². The zero-order valence-electron chi connectivity index (χ0n) is 15.9. The van der Waals surface area contributed by atoms with Gasteiger partial charge in [-0.2, -0.15) is 0 Å². The molecule has 1 fully saturated rings. The molecule has 0 aliphatic carbocycles. The van der Waals surface area contributed by atoms with E-state index in [0.29, 0.717) is 11.5 Å². The number of aliphatic hydroxyl groups excluding tert-OH is 1. The van der Waals surface area contributed by atoms with Gasteiger partial charge in [0.15, 0.2) is 0 Å². The van der Waals surface area contributed by atoms with Crippen LogP contribution in [0.3, 0.4) is 0 Å². The first kappa shape index (κ1) is 17.9. The van der Waals surface area contributed by atoms with Crippen LogP contribution in [0.2, 0.25) is 0 Å². The van der Waals surface area contributed by atoms with Crippen LogP contribution in [0, 0.1) is 12.8 Å². The third-order valence-electron chi connectivity index (χ3n) is 5.46. The predicted octanol–water partition coefficient (Wildman–Crippen LogP) is 2.20. The number of aryl methyl sites for hydroxylation is 2. The Bertz CT molecular complexity index is 1000. The lowest BCUT2D eigenvalue weighted by Gasteiger charge is -2.24. The molecule has 4 rings (SSSR count). The normalized spacial score (nSPS) is 17.5. The maximum atomic E-state index is 12.1. The van der Waals surface area contributed by atoms with E-state index in [4.69, 9.17) is 4.98 Å². The van der Waals surface area contributed by atoms with E-state index in [1.54, 1.807) is 11.6 Å². The second-order valence-electron chi connectivity index (χ2n) is 7.57. The van der Waals surface area contributed by atoms with Gasteiger partial charge in [0.05, 0.1) is 17.6 Å². The van der Waals surface area contributed by atoms with Gasteiger partial charge in [0.25, 0.3) is 5.56 Å². The Labute approximate surface area is 158 Å². The number of hydrogen-bond acceptors (Lipinski definition) is 4. The number of pyridine rings is 1. The monoisotopic (exact) mass is 366 g/mol. The fourth-order valence-corrected chi connectivity index (χ4v) is 4.01. The number of piperidine rings is 1. The summed E-state index contributed by atoms with van der Waals surface area (Å²) in [6, 6.07) is 7.83. The molecule has 142 valence electrons. The molecule has 1 aliphatic heterocycles. The van der Waals surface area contributed by atoms with Crippen LogP contribution in [0.25, 0.3) is 22.4 Å². The van der Waals surface area contributed by atoms with Crippen LogP contribution in [0.1, 0.15) is 24.0 Å². The van der Waals surface area contributed by atoms with Crippen molar-refractivity contribution < 1.29 is 5.11 Å². The van der Waals surface area contributed by atoms with Crippen LogP contribution in [0.15, 0.2) is 35.3 Å². The van der Waals surface area contributed by atoms with E-state index in [2.05, 4.69) is 9.88 Å². The van der Waals surface area contributed by atoms with Crippen molar-refractivity contribution in [2.24, 2.45) is 13.0 Å². The minimum Gasteiger partial charge on any atom is -0.392 e. The van der Waals surface area contributed by atoms with Gasteiger partial charge < -0.3 is 19.6 Å². The molecular formula is C21H26N4O2. The zero-order chi connectivity index (χ0) is 19.0. The maximum Gasteiger partial charge on any atom is 0.253 e. The molecule has 27 heavy (non-hydrogen) atoms. The minimum absolute atomic E-state index is 0.0143. The Morgan fingerprint density at radius 3 is 2.89 bits per heavy atom. The van der Waals surface area contributed by atoms with E-state index in [1.807, 2.05) is 37.4 Å². The molecule has 1 aromatic carbocycles. The fraction of sp³-hybridized carbons (Fsp3) is 0.429. The van der Waals surface area contributed by atoms with Gasteiger partial charge in [0.2, 0.25) is 0 Å². The minimum atomic E-state index is 0.0143. The highest BCUT2D eigenvalue weighted by molar-refractivity contribution is 5.81. The molecule has 0 radical (unpaired) electrons. The van der Waals surface area contributed by atoms with Gasteiger partial charge in [-0.25, -0.2) is 4.98 Å². The summed E-state index contributed by atoms with van der Waals surface area (Å²) in [5.41, 5.74) is 4.50. The van der Waals surface area contributed by atoms with Crippen molar-refractivity contribution in [2.45, 2.75) is 32.9 Å². The van der Waals surface area contributed by atoms with Crippen molar-refractivity contribution in [3.63, 3.8) is 0 Å². The first-order valence-electron chi connectivity index (χ1n) is 9.55. The number of aliphatic hydroxyl groups is 1. The molecule has 1 aliphatic rings.